The molecule has 0 rings (SSSR count). The minimum atomic E-state index is -0.261. The predicted molar refractivity (Wildman–Crippen MR) is 84.0 cm³/mol. The van der Waals surface area contributed by atoms with Gasteiger partial charge < -0.3 is 9.47 Å². The van der Waals surface area contributed by atoms with Gasteiger partial charge in [0.25, 0.3) is 0 Å². The first kappa shape index (κ1) is 19.7. The van der Waals surface area contributed by atoms with Crippen molar-refractivity contribution in [2.45, 2.75) is 71.6 Å². The summed E-state index contributed by atoms with van der Waals surface area (Å²) in [7, 11) is 0. The van der Waals surface area contributed by atoms with Crippen LogP contribution in [-0.2, 0) is 19.1 Å². The van der Waals surface area contributed by atoms with Crippen LogP contribution in [-0.4, -0.2) is 25.2 Å². The molecule has 0 aliphatic heterocycles. The largest absolute Gasteiger partial charge is 0.466 e. The molecule has 0 aromatic carbocycles. The molecule has 4 heteroatoms. The number of rotatable bonds is 13. The Bertz CT molecular complexity index is 310. The van der Waals surface area contributed by atoms with Crippen molar-refractivity contribution < 1.29 is 19.1 Å². The predicted octanol–water partition coefficient (Wildman–Crippen LogP) is 4.18. The summed E-state index contributed by atoms with van der Waals surface area (Å²) in [6.07, 6.45) is 7.40. The topological polar surface area (TPSA) is 52.6 Å². The van der Waals surface area contributed by atoms with Crippen LogP contribution in [0.4, 0.5) is 0 Å². The van der Waals surface area contributed by atoms with E-state index in [1.54, 1.807) is 0 Å². The first-order valence-electron chi connectivity index (χ1n) is 8.02. The van der Waals surface area contributed by atoms with Crippen LogP contribution in [0, 0.1) is 0 Å². The standard InChI is InChI=1S/C17H30O4/c1-4-5-6-7-8-13-20-16(18)10-9-11-17(19)21-14-12-15(2)3/h2,4-14H2,1,3H3. The maximum Gasteiger partial charge on any atom is 0.305 e. The molecule has 0 saturated carbocycles. The summed E-state index contributed by atoms with van der Waals surface area (Å²) in [6, 6.07) is 0. The zero-order valence-corrected chi connectivity index (χ0v) is 13.6. The Morgan fingerprint density at radius 2 is 1.38 bits per heavy atom. The van der Waals surface area contributed by atoms with Gasteiger partial charge in [-0.15, -0.1) is 6.58 Å². The van der Waals surface area contributed by atoms with E-state index in [4.69, 9.17) is 9.47 Å². The smallest absolute Gasteiger partial charge is 0.305 e. The van der Waals surface area contributed by atoms with Crippen molar-refractivity contribution in [3.8, 4) is 0 Å². The zero-order chi connectivity index (χ0) is 15.9. The van der Waals surface area contributed by atoms with E-state index >= 15 is 0 Å². The summed E-state index contributed by atoms with van der Waals surface area (Å²) in [5.41, 5.74) is 0.991. The molecule has 0 heterocycles. The van der Waals surface area contributed by atoms with E-state index in [-0.39, 0.29) is 24.8 Å². The Labute approximate surface area is 128 Å². The molecule has 0 aromatic heterocycles. The van der Waals surface area contributed by atoms with Crippen molar-refractivity contribution in [2.24, 2.45) is 0 Å². The Kier molecular flexibility index (Phi) is 12.8. The fraction of sp³-hybridized carbons (Fsp3) is 0.765. The molecule has 0 amide bonds. The summed E-state index contributed by atoms with van der Waals surface area (Å²) >= 11 is 0. The fourth-order valence-electron chi connectivity index (χ4n) is 1.75. The van der Waals surface area contributed by atoms with Crippen molar-refractivity contribution >= 4 is 11.9 Å². The molecule has 0 N–H and O–H groups in total. The highest BCUT2D eigenvalue weighted by molar-refractivity contribution is 5.72. The molecule has 0 aliphatic rings. The van der Waals surface area contributed by atoms with Gasteiger partial charge in [-0.3, -0.25) is 9.59 Å². The van der Waals surface area contributed by atoms with Gasteiger partial charge in [-0.05, 0) is 19.8 Å². The van der Waals surface area contributed by atoms with Crippen molar-refractivity contribution in [3.63, 3.8) is 0 Å². The lowest BCUT2D eigenvalue weighted by molar-refractivity contribution is -0.145. The van der Waals surface area contributed by atoms with Crippen molar-refractivity contribution in [3.05, 3.63) is 12.2 Å². The average molecular weight is 298 g/mol. The summed E-state index contributed by atoms with van der Waals surface area (Å²) < 4.78 is 10.1. The highest BCUT2D eigenvalue weighted by Gasteiger charge is 2.07. The number of hydrogen-bond acceptors (Lipinski definition) is 4. The quantitative estimate of drug-likeness (QED) is 0.291. The lowest BCUT2D eigenvalue weighted by atomic mass is 10.2. The van der Waals surface area contributed by atoms with E-state index < -0.39 is 0 Å². The molecule has 122 valence electrons. The summed E-state index contributed by atoms with van der Waals surface area (Å²) in [6.45, 7) is 8.66. The van der Waals surface area contributed by atoms with Gasteiger partial charge in [0.1, 0.15) is 0 Å². The monoisotopic (exact) mass is 298 g/mol. The lowest BCUT2D eigenvalue weighted by Crippen LogP contribution is -2.09. The second kappa shape index (κ2) is 13.7. The van der Waals surface area contributed by atoms with E-state index in [2.05, 4.69) is 13.5 Å². The van der Waals surface area contributed by atoms with Crippen LogP contribution in [0.1, 0.15) is 71.6 Å². The van der Waals surface area contributed by atoms with Crippen LogP contribution < -0.4 is 0 Å². The van der Waals surface area contributed by atoms with Gasteiger partial charge in [0, 0.05) is 19.3 Å². The number of hydrogen-bond donors (Lipinski definition) is 0. The van der Waals surface area contributed by atoms with Gasteiger partial charge in [-0.2, -0.15) is 0 Å². The molecule has 4 nitrogen and oxygen atoms in total. The highest BCUT2D eigenvalue weighted by Crippen LogP contribution is 2.05. The van der Waals surface area contributed by atoms with Crippen LogP contribution in [0.5, 0.6) is 0 Å². The molecule has 21 heavy (non-hydrogen) atoms. The van der Waals surface area contributed by atoms with Crippen molar-refractivity contribution in [1.82, 2.24) is 0 Å². The Balaban J connectivity index is 3.40. The molecule has 0 atom stereocenters. The first-order valence-corrected chi connectivity index (χ1v) is 8.02. The van der Waals surface area contributed by atoms with Gasteiger partial charge in [-0.25, -0.2) is 0 Å². The van der Waals surface area contributed by atoms with Crippen LogP contribution in [0.2, 0.25) is 0 Å². The second-order valence-corrected chi connectivity index (χ2v) is 5.42. The maximum atomic E-state index is 11.4. The van der Waals surface area contributed by atoms with Gasteiger partial charge in [0.05, 0.1) is 13.2 Å². The lowest BCUT2D eigenvalue weighted by Gasteiger charge is -2.06. The normalized spacial score (nSPS) is 10.2. The van der Waals surface area contributed by atoms with Crippen molar-refractivity contribution in [2.75, 3.05) is 13.2 Å². The molecule has 0 fully saturated rings. The van der Waals surface area contributed by atoms with Gasteiger partial charge in [0.2, 0.25) is 0 Å². The van der Waals surface area contributed by atoms with E-state index in [1.165, 1.54) is 19.3 Å². The summed E-state index contributed by atoms with van der Waals surface area (Å²) in [5.74, 6) is -0.483. The number of unbranched alkanes of at least 4 members (excludes halogenated alkanes) is 4. The highest BCUT2D eigenvalue weighted by atomic mass is 16.5. The summed E-state index contributed by atoms with van der Waals surface area (Å²) in [4.78, 5) is 22.8. The van der Waals surface area contributed by atoms with Crippen LogP contribution >= 0.6 is 0 Å². The number of ether oxygens (including phenoxy) is 2. The minimum absolute atomic E-state index is 0.222. The molecule has 0 aromatic rings. The Morgan fingerprint density at radius 1 is 0.810 bits per heavy atom. The van der Waals surface area contributed by atoms with Crippen LogP contribution in [0.15, 0.2) is 12.2 Å². The average Bonchev–Trinajstić information content (AvgIpc) is 2.42. The Hall–Kier alpha value is -1.32. The molecule has 0 bridgehead atoms. The number of carbonyl (C=O) groups excluding carboxylic acids is 2. The maximum absolute atomic E-state index is 11.4. The second-order valence-electron chi connectivity index (χ2n) is 5.42. The molecule has 0 aliphatic carbocycles. The molecule has 0 radical (unpaired) electrons. The van der Waals surface area contributed by atoms with Crippen LogP contribution in [0.25, 0.3) is 0 Å². The SMILES string of the molecule is C=C(C)CCOC(=O)CCCC(=O)OCCCCCCC. The third kappa shape index (κ3) is 14.9. The Morgan fingerprint density at radius 3 is 1.95 bits per heavy atom. The van der Waals surface area contributed by atoms with Gasteiger partial charge >= 0.3 is 11.9 Å². The van der Waals surface area contributed by atoms with E-state index in [1.807, 2.05) is 6.92 Å². The fourth-order valence-corrected chi connectivity index (χ4v) is 1.75. The first-order chi connectivity index (χ1) is 10.1. The minimum Gasteiger partial charge on any atom is -0.466 e. The number of esters is 2. The van der Waals surface area contributed by atoms with E-state index in [0.29, 0.717) is 26.1 Å². The third-order valence-corrected chi connectivity index (χ3v) is 3.06. The van der Waals surface area contributed by atoms with Crippen molar-refractivity contribution in [1.29, 1.82) is 0 Å². The molecular weight excluding hydrogens is 268 g/mol. The van der Waals surface area contributed by atoms with E-state index in [9.17, 15) is 9.59 Å². The third-order valence-electron chi connectivity index (χ3n) is 3.06. The number of carbonyl (C=O) groups is 2. The van der Waals surface area contributed by atoms with E-state index in [0.717, 1.165) is 18.4 Å². The summed E-state index contributed by atoms with van der Waals surface area (Å²) in [5, 5.41) is 0. The molecule has 0 spiro atoms. The van der Waals surface area contributed by atoms with Gasteiger partial charge in [-0.1, -0.05) is 38.2 Å². The van der Waals surface area contributed by atoms with Crippen LogP contribution in [0.3, 0.4) is 0 Å². The molecular formula is C17H30O4. The van der Waals surface area contributed by atoms with Gasteiger partial charge in [0.15, 0.2) is 0 Å². The zero-order valence-electron chi connectivity index (χ0n) is 13.6. The molecule has 0 unspecified atom stereocenters. The molecule has 0 saturated heterocycles.